The zero-order chi connectivity index (χ0) is 7.11. The molecule has 1 rings (SSSR count). The van der Waals surface area contributed by atoms with Gasteiger partial charge in [0.1, 0.15) is 0 Å². The second kappa shape index (κ2) is 5.62. The molecular formula is C8H15N. The fraction of sp³-hybridized carbons (Fsp3) is 0.875. The molecule has 0 spiro atoms. The fourth-order valence-corrected chi connectivity index (χ4v) is 1.31. The number of rotatable bonds is 0. The Labute approximate surface area is 57.7 Å². The summed E-state index contributed by atoms with van der Waals surface area (Å²) in [4.78, 5) is 0. The van der Waals surface area contributed by atoms with Gasteiger partial charge in [0, 0.05) is 6.57 Å². The number of nitriles is 1. The molecule has 0 aromatic rings. The van der Waals surface area contributed by atoms with Crippen molar-refractivity contribution in [2.45, 2.75) is 39.0 Å². The number of hydrogen-bond donors (Lipinski definition) is 0. The van der Waals surface area contributed by atoms with Gasteiger partial charge in [0.05, 0.1) is 0 Å². The first-order chi connectivity index (χ1) is 4.39. The van der Waals surface area contributed by atoms with Crippen molar-refractivity contribution in [2.75, 3.05) is 0 Å². The van der Waals surface area contributed by atoms with Crippen LogP contribution >= 0.6 is 0 Å². The van der Waals surface area contributed by atoms with Crippen LogP contribution in [0.1, 0.15) is 39.0 Å². The minimum atomic E-state index is 1.04. The molecule has 1 saturated carbocycles. The Bertz CT molecular complexity index is 69.9. The van der Waals surface area contributed by atoms with Crippen LogP contribution in [-0.2, 0) is 0 Å². The molecule has 0 N–H and O–H groups in total. The summed E-state index contributed by atoms with van der Waals surface area (Å²) in [6.07, 6.45) is 7.44. The third-order valence-electron chi connectivity index (χ3n) is 1.89. The summed E-state index contributed by atoms with van der Waals surface area (Å²) in [6.45, 7) is 5.86. The van der Waals surface area contributed by atoms with Crippen LogP contribution in [0, 0.1) is 17.8 Å². The van der Waals surface area contributed by atoms with E-state index in [9.17, 15) is 0 Å². The van der Waals surface area contributed by atoms with Crippen LogP contribution in [0.3, 0.4) is 0 Å². The first-order valence-electron chi connectivity index (χ1n) is 3.65. The minimum Gasteiger partial charge on any atom is -0.202 e. The Hall–Kier alpha value is -0.510. The van der Waals surface area contributed by atoms with Gasteiger partial charge in [0.2, 0.25) is 0 Å². The van der Waals surface area contributed by atoms with Crippen LogP contribution in [0.25, 0.3) is 0 Å². The molecule has 0 amide bonds. The van der Waals surface area contributed by atoms with Crippen molar-refractivity contribution in [3.8, 4) is 6.57 Å². The smallest absolute Gasteiger partial charge is 0.0462 e. The highest BCUT2D eigenvalue weighted by atomic mass is 14.2. The predicted octanol–water partition coefficient (Wildman–Crippen LogP) is 2.73. The van der Waals surface area contributed by atoms with Crippen molar-refractivity contribution < 1.29 is 0 Å². The molecule has 52 valence electrons. The Morgan fingerprint density at radius 3 is 1.78 bits per heavy atom. The van der Waals surface area contributed by atoms with Crippen LogP contribution < -0.4 is 0 Å². The van der Waals surface area contributed by atoms with Gasteiger partial charge < -0.3 is 0 Å². The maximum atomic E-state index is 6.50. The largest absolute Gasteiger partial charge is 0.202 e. The van der Waals surface area contributed by atoms with Gasteiger partial charge in [-0.1, -0.05) is 39.0 Å². The van der Waals surface area contributed by atoms with Crippen molar-refractivity contribution >= 4 is 0 Å². The van der Waals surface area contributed by atoms with E-state index in [0.29, 0.717) is 0 Å². The van der Waals surface area contributed by atoms with E-state index in [1.165, 1.54) is 32.1 Å². The van der Waals surface area contributed by atoms with Crippen LogP contribution in [0.4, 0.5) is 0 Å². The van der Waals surface area contributed by atoms with Gasteiger partial charge in [-0.15, -0.1) is 0 Å². The Morgan fingerprint density at radius 1 is 1.11 bits per heavy atom. The van der Waals surface area contributed by atoms with Gasteiger partial charge >= 0.3 is 0 Å². The lowest BCUT2D eigenvalue weighted by atomic mass is 9.91. The van der Waals surface area contributed by atoms with E-state index in [4.69, 9.17) is 5.26 Å². The SMILES string of the molecule is C#N.CC1CCCCC1. The Kier molecular flexibility index (Phi) is 5.30. The van der Waals surface area contributed by atoms with Crippen molar-refractivity contribution in [3.63, 3.8) is 0 Å². The quantitative estimate of drug-likeness (QED) is 0.488. The van der Waals surface area contributed by atoms with Gasteiger partial charge in [-0.05, 0) is 5.92 Å². The minimum absolute atomic E-state index is 1.04. The highest BCUT2D eigenvalue weighted by Crippen LogP contribution is 2.21. The molecule has 0 atom stereocenters. The average molecular weight is 125 g/mol. The molecule has 9 heavy (non-hydrogen) atoms. The van der Waals surface area contributed by atoms with Crippen LogP contribution in [0.15, 0.2) is 0 Å². The molecule has 0 heterocycles. The summed E-state index contributed by atoms with van der Waals surface area (Å²) in [5.74, 6) is 1.04. The van der Waals surface area contributed by atoms with Crippen molar-refractivity contribution in [3.05, 3.63) is 0 Å². The molecule has 0 aromatic carbocycles. The lowest BCUT2D eigenvalue weighted by Crippen LogP contribution is -1.99. The maximum Gasteiger partial charge on any atom is 0.0462 e. The van der Waals surface area contributed by atoms with Gasteiger partial charge in [-0.25, -0.2) is 5.26 Å². The Morgan fingerprint density at radius 2 is 1.56 bits per heavy atom. The normalized spacial score (nSPS) is 19.9. The summed E-state index contributed by atoms with van der Waals surface area (Å²) in [6, 6.07) is 0. The first-order valence-corrected chi connectivity index (χ1v) is 3.65. The summed E-state index contributed by atoms with van der Waals surface area (Å²) in [5.41, 5.74) is 0. The zero-order valence-corrected chi connectivity index (χ0v) is 6.14. The third kappa shape index (κ3) is 4.02. The molecule has 0 aromatic heterocycles. The highest BCUT2D eigenvalue weighted by molar-refractivity contribution is 4.59. The second-order valence-electron chi connectivity index (χ2n) is 2.74. The van der Waals surface area contributed by atoms with Gasteiger partial charge in [-0.2, -0.15) is 0 Å². The fourth-order valence-electron chi connectivity index (χ4n) is 1.31. The molecule has 0 unspecified atom stereocenters. The monoisotopic (exact) mass is 125 g/mol. The molecule has 1 fully saturated rings. The van der Waals surface area contributed by atoms with E-state index in [2.05, 4.69) is 13.5 Å². The summed E-state index contributed by atoms with van der Waals surface area (Å²) < 4.78 is 0. The first kappa shape index (κ1) is 8.49. The highest BCUT2D eigenvalue weighted by Gasteiger charge is 2.05. The lowest BCUT2D eigenvalue weighted by molar-refractivity contribution is 0.385. The standard InChI is InChI=1S/C7H14.CHN/c1-7-5-3-2-4-6-7;1-2/h7H,2-6H2,1H3;1H. The van der Waals surface area contributed by atoms with Crippen LogP contribution in [0.5, 0.6) is 0 Å². The molecule has 1 nitrogen and oxygen atoms in total. The van der Waals surface area contributed by atoms with Gasteiger partial charge in [0.15, 0.2) is 0 Å². The number of hydrogen-bond acceptors (Lipinski definition) is 1. The van der Waals surface area contributed by atoms with E-state index in [0.717, 1.165) is 5.92 Å². The summed E-state index contributed by atoms with van der Waals surface area (Å²) >= 11 is 0. The predicted molar refractivity (Wildman–Crippen MR) is 38.9 cm³/mol. The maximum absolute atomic E-state index is 6.50. The van der Waals surface area contributed by atoms with E-state index < -0.39 is 0 Å². The molecule has 0 aliphatic heterocycles. The van der Waals surface area contributed by atoms with E-state index in [-0.39, 0.29) is 0 Å². The van der Waals surface area contributed by atoms with Gasteiger partial charge in [0.25, 0.3) is 0 Å². The molecule has 0 radical (unpaired) electrons. The van der Waals surface area contributed by atoms with E-state index in [1.807, 2.05) is 0 Å². The van der Waals surface area contributed by atoms with Gasteiger partial charge in [-0.3, -0.25) is 0 Å². The number of nitrogens with zero attached hydrogens (tertiary/aromatic N) is 1. The van der Waals surface area contributed by atoms with Crippen molar-refractivity contribution in [1.82, 2.24) is 0 Å². The van der Waals surface area contributed by atoms with Crippen molar-refractivity contribution in [1.29, 1.82) is 5.26 Å². The molecular weight excluding hydrogens is 110 g/mol. The van der Waals surface area contributed by atoms with Crippen LogP contribution in [-0.4, -0.2) is 0 Å². The second-order valence-corrected chi connectivity index (χ2v) is 2.74. The van der Waals surface area contributed by atoms with Crippen molar-refractivity contribution in [2.24, 2.45) is 5.92 Å². The van der Waals surface area contributed by atoms with E-state index in [1.54, 1.807) is 0 Å². The molecule has 0 saturated heterocycles. The summed E-state index contributed by atoms with van der Waals surface area (Å²) in [5, 5.41) is 6.50. The third-order valence-corrected chi connectivity index (χ3v) is 1.89. The van der Waals surface area contributed by atoms with Crippen LogP contribution in [0.2, 0.25) is 0 Å². The topological polar surface area (TPSA) is 23.8 Å². The molecule has 1 aliphatic rings. The summed E-state index contributed by atoms with van der Waals surface area (Å²) in [7, 11) is 0. The average Bonchev–Trinajstić information content (AvgIpc) is 1.94. The molecule has 1 heteroatoms. The lowest BCUT2D eigenvalue weighted by Gasteiger charge is -2.15. The zero-order valence-electron chi connectivity index (χ0n) is 6.14. The Balaban J connectivity index is 0.000000291. The molecule has 0 bridgehead atoms. The molecule has 1 aliphatic carbocycles. The van der Waals surface area contributed by atoms with E-state index >= 15 is 0 Å².